The number of piperidine rings is 1. The molecule has 2 aliphatic heterocycles. The third-order valence-electron chi connectivity index (χ3n) is 8.10. The molecule has 3 heterocycles. The number of sulfonamides is 1. The topological polar surface area (TPSA) is 120 Å². The van der Waals surface area contributed by atoms with Crippen molar-refractivity contribution in [2.75, 3.05) is 47.0 Å². The van der Waals surface area contributed by atoms with Gasteiger partial charge in [0.05, 0.1) is 24.1 Å². The Morgan fingerprint density at radius 2 is 1.93 bits per heavy atom. The van der Waals surface area contributed by atoms with Crippen molar-refractivity contribution >= 4 is 27.0 Å². The molecule has 3 aromatic rings. The summed E-state index contributed by atoms with van der Waals surface area (Å²) >= 11 is 0. The zero-order valence-electron chi connectivity index (χ0n) is 23.5. The number of nitrogens with zero attached hydrogens (tertiary/aromatic N) is 4. The number of carbonyl (C=O) groups excluding carboxylic acids is 1. The van der Waals surface area contributed by atoms with Crippen LogP contribution in [0.15, 0.2) is 47.4 Å². The molecule has 5 rings (SSSR count). The van der Waals surface area contributed by atoms with Crippen LogP contribution in [0.1, 0.15) is 36.6 Å². The fourth-order valence-corrected chi connectivity index (χ4v) is 7.75. The molecule has 0 radical (unpaired) electrons. The molecule has 1 amide bonds. The first-order valence-electron chi connectivity index (χ1n) is 13.9. The van der Waals surface area contributed by atoms with Gasteiger partial charge in [-0.1, -0.05) is 18.2 Å². The van der Waals surface area contributed by atoms with E-state index in [1.54, 1.807) is 25.3 Å². The van der Waals surface area contributed by atoms with E-state index in [2.05, 4.69) is 10.6 Å². The van der Waals surface area contributed by atoms with Gasteiger partial charge in [-0.25, -0.2) is 13.4 Å². The van der Waals surface area contributed by atoms with E-state index in [9.17, 15) is 13.2 Å². The molecule has 10 nitrogen and oxygen atoms in total. The fraction of sp³-hybridized carbons (Fsp3) is 0.517. The van der Waals surface area contributed by atoms with Crippen LogP contribution >= 0.6 is 0 Å². The first-order valence-corrected chi connectivity index (χ1v) is 15.3. The molecular weight excluding hydrogens is 530 g/mol. The van der Waals surface area contributed by atoms with Gasteiger partial charge in [-0.2, -0.15) is 4.31 Å². The molecular formula is C29H39N5O5S. The largest absolute Gasteiger partial charge is 0.495 e. The van der Waals surface area contributed by atoms with Gasteiger partial charge in [-0.15, -0.1) is 0 Å². The maximum absolute atomic E-state index is 13.8. The van der Waals surface area contributed by atoms with Gasteiger partial charge in [0.15, 0.2) is 0 Å². The number of methoxy groups -OCH3 is 2. The Balaban J connectivity index is 1.34. The second-order valence-electron chi connectivity index (χ2n) is 10.8. The van der Waals surface area contributed by atoms with Gasteiger partial charge in [-0.05, 0) is 56.0 Å². The van der Waals surface area contributed by atoms with Crippen LogP contribution in [0, 0.1) is 12.8 Å². The Morgan fingerprint density at radius 3 is 2.70 bits per heavy atom. The molecule has 0 aliphatic carbocycles. The second-order valence-corrected chi connectivity index (χ2v) is 12.7. The monoisotopic (exact) mass is 569 g/mol. The molecule has 11 heteroatoms. The summed E-state index contributed by atoms with van der Waals surface area (Å²) in [7, 11) is -0.733. The lowest BCUT2D eigenvalue weighted by Gasteiger charge is -2.35. The van der Waals surface area contributed by atoms with Crippen molar-refractivity contribution in [3.8, 4) is 5.75 Å². The van der Waals surface area contributed by atoms with Gasteiger partial charge in [0.1, 0.15) is 16.5 Å². The molecule has 0 unspecified atom stereocenters. The minimum atomic E-state index is -3.89. The number of para-hydroxylation sites is 2. The van der Waals surface area contributed by atoms with Crippen LogP contribution in [0.3, 0.4) is 0 Å². The molecule has 216 valence electrons. The standard InChI is InChI=1S/C29H39N5O5S/c1-20-11-12-26(39-3)27(16-20)40(36,37)33-18-22(23(30)19-33)29(35)32-13-6-8-21(17-32)28-31-24-9-4-5-10-25(24)34(28)14-7-15-38-2/h4-5,9-12,16,21-23H,6-8,13-15,17-19,30H2,1-3H3/t21-,22-,23-/m1/s1. The van der Waals surface area contributed by atoms with Crippen molar-refractivity contribution in [3.05, 3.63) is 53.9 Å². The molecule has 2 aromatic carbocycles. The Kier molecular flexibility index (Phi) is 8.46. The van der Waals surface area contributed by atoms with Gasteiger partial charge < -0.3 is 24.7 Å². The summed E-state index contributed by atoms with van der Waals surface area (Å²) in [6.45, 7) is 4.58. The normalized spacial score (nSPS) is 22.2. The highest BCUT2D eigenvalue weighted by Gasteiger charge is 2.44. The molecule has 0 spiro atoms. The molecule has 0 bridgehead atoms. The summed E-state index contributed by atoms with van der Waals surface area (Å²) in [4.78, 5) is 20.7. The molecule has 2 fully saturated rings. The second kappa shape index (κ2) is 11.9. The average Bonchev–Trinajstić information content (AvgIpc) is 3.54. The van der Waals surface area contributed by atoms with Crippen LogP contribution in [0.25, 0.3) is 11.0 Å². The van der Waals surface area contributed by atoms with E-state index in [0.717, 1.165) is 48.2 Å². The number of hydrogen-bond donors (Lipinski definition) is 1. The van der Waals surface area contributed by atoms with Crippen molar-refractivity contribution in [2.45, 2.75) is 49.6 Å². The van der Waals surface area contributed by atoms with E-state index in [1.165, 1.54) is 11.4 Å². The third-order valence-corrected chi connectivity index (χ3v) is 9.95. The molecule has 3 atom stereocenters. The quantitative estimate of drug-likeness (QED) is 0.394. The smallest absolute Gasteiger partial charge is 0.246 e. The molecule has 0 saturated carbocycles. The highest BCUT2D eigenvalue weighted by molar-refractivity contribution is 7.89. The minimum absolute atomic E-state index is 0.0517. The Bertz CT molecular complexity index is 1470. The number of likely N-dealkylation sites (tertiary alicyclic amines) is 1. The summed E-state index contributed by atoms with van der Waals surface area (Å²) in [6.07, 6.45) is 2.65. The number of benzene rings is 2. The highest BCUT2D eigenvalue weighted by atomic mass is 32.2. The summed E-state index contributed by atoms with van der Waals surface area (Å²) in [5.74, 6) is 0.655. The van der Waals surface area contributed by atoms with Gasteiger partial charge in [0, 0.05) is 58.4 Å². The van der Waals surface area contributed by atoms with Gasteiger partial charge in [-0.3, -0.25) is 4.79 Å². The van der Waals surface area contributed by atoms with E-state index in [4.69, 9.17) is 20.2 Å². The lowest BCUT2D eigenvalue weighted by molar-refractivity contribution is -0.136. The first kappa shape index (κ1) is 28.5. The van der Waals surface area contributed by atoms with E-state index in [0.29, 0.717) is 19.7 Å². The predicted octanol–water partition coefficient (Wildman–Crippen LogP) is 2.74. The van der Waals surface area contributed by atoms with E-state index >= 15 is 0 Å². The fourth-order valence-electron chi connectivity index (χ4n) is 6.00. The molecule has 2 aliphatic rings. The van der Waals surface area contributed by atoms with Crippen LogP contribution < -0.4 is 10.5 Å². The van der Waals surface area contributed by atoms with Gasteiger partial charge in [0.2, 0.25) is 15.9 Å². The van der Waals surface area contributed by atoms with Crippen molar-refractivity contribution in [3.63, 3.8) is 0 Å². The SMILES string of the molecule is COCCCn1c([C@@H]2CCCN(C(=O)[C@@H]3CN(S(=O)(=O)c4cc(C)ccc4OC)C[C@H]3N)C2)nc2ccccc21. The van der Waals surface area contributed by atoms with Crippen LogP contribution in [0.5, 0.6) is 5.75 Å². The van der Waals surface area contributed by atoms with E-state index < -0.39 is 22.0 Å². The number of nitrogens with two attached hydrogens (primary N) is 1. The number of amides is 1. The van der Waals surface area contributed by atoms with E-state index in [1.807, 2.05) is 30.0 Å². The van der Waals surface area contributed by atoms with Crippen molar-refractivity contribution in [2.24, 2.45) is 11.7 Å². The minimum Gasteiger partial charge on any atom is -0.495 e. The van der Waals surface area contributed by atoms with Crippen molar-refractivity contribution in [1.82, 2.24) is 18.8 Å². The molecule has 40 heavy (non-hydrogen) atoms. The molecule has 2 saturated heterocycles. The third kappa shape index (κ3) is 5.47. The predicted molar refractivity (Wildman–Crippen MR) is 153 cm³/mol. The van der Waals surface area contributed by atoms with Gasteiger partial charge in [0.25, 0.3) is 0 Å². The number of imidazole rings is 1. The number of aryl methyl sites for hydroxylation is 2. The van der Waals surface area contributed by atoms with Crippen molar-refractivity contribution in [1.29, 1.82) is 0 Å². The van der Waals surface area contributed by atoms with E-state index in [-0.39, 0.29) is 35.6 Å². The molecule has 2 N–H and O–H groups in total. The Morgan fingerprint density at radius 1 is 1.12 bits per heavy atom. The number of ether oxygens (including phenoxy) is 2. The average molecular weight is 570 g/mol. The maximum Gasteiger partial charge on any atom is 0.246 e. The number of fused-ring (bicyclic) bond motifs is 1. The lowest BCUT2D eigenvalue weighted by Crippen LogP contribution is -2.47. The zero-order chi connectivity index (χ0) is 28.4. The number of hydrogen-bond acceptors (Lipinski definition) is 7. The van der Waals surface area contributed by atoms with Gasteiger partial charge >= 0.3 is 0 Å². The first-order chi connectivity index (χ1) is 19.2. The highest BCUT2D eigenvalue weighted by Crippen LogP contribution is 2.34. The Hall–Kier alpha value is -2.99. The summed E-state index contributed by atoms with van der Waals surface area (Å²) in [6, 6.07) is 12.6. The summed E-state index contributed by atoms with van der Waals surface area (Å²) in [5, 5.41) is 0. The van der Waals surface area contributed by atoms with Crippen LogP contribution in [0.2, 0.25) is 0 Å². The van der Waals surface area contributed by atoms with Crippen LogP contribution in [-0.4, -0.2) is 86.1 Å². The lowest BCUT2D eigenvalue weighted by atomic mass is 9.94. The van der Waals surface area contributed by atoms with Crippen LogP contribution in [-0.2, 0) is 26.1 Å². The van der Waals surface area contributed by atoms with Crippen molar-refractivity contribution < 1.29 is 22.7 Å². The number of aromatic nitrogens is 2. The number of rotatable bonds is 9. The Labute approximate surface area is 236 Å². The molecule has 1 aromatic heterocycles. The van der Waals surface area contributed by atoms with Crippen LogP contribution in [0.4, 0.5) is 0 Å². The zero-order valence-corrected chi connectivity index (χ0v) is 24.3. The maximum atomic E-state index is 13.8. The summed E-state index contributed by atoms with van der Waals surface area (Å²) < 4.78 is 41.3. The summed E-state index contributed by atoms with van der Waals surface area (Å²) in [5.41, 5.74) is 9.27. The number of carbonyl (C=O) groups is 1.